The highest BCUT2D eigenvalue weighted by Crippen LogP contribution is 2.11. The van der Waals surface area contributed by atoms with Crippen molar-refractivity contribution in [1.29, 1.82) is 0 Å². The van der Waals surface area contributed by atoms with Crippen LogP contribution in [0.5, 0.6) is 5.75 Å². The molecule has 0 aliphatic carbocycles. The zero-order valence-electron chi connectivity index (χ0n) is 9.81. The summed E-state index contributed by atoms with van der Waals surface area (Å²) in [5.74, 6) is 0.306. The van der Waals surface area contributed by atoms with Crippen LogP contribution in [0.25, 0.3) is 0 Å². The van der Waals surface area contributed by atoms with Crippen LogP contribution in [0.15, 0.2) is 29.6 Å². The third-order valence-electron chi connectivity index (χ3n) is 2.47. The van der Waals surface area contributed by atoms with Crippen molar-refractivity contribution in [3.8, 4) is 5.75 Å². The Morgan fingerprint density at radius 1 is 1.24 bits per heavy atom. The molecular formula is C13H16N2OS. The van der Waals surface area contributed by atoms with E-state index in [0.717, 1.165) is 30.8 Å². The van der Waals surface area contributed by atoms with E-state index in [2.05, 4.69) is 22.6 Å². The number of hydrogen-bond acceptors (Lipinski definition) is 4. The first-order valence-electron chi connectivity index (χ1n) is 5.70. The summed E-state index contributed by atoms with van der Waals surface area (Å²) >= 11 is 1.71. The van der Waals surface area contributed by atoms with Gasteiger partial charge in [-0.3, -0.25) is 0 Å². The summed E-state index contributed by atoms with van der Waals surface area (Å²) < 4.78 is 0. The molecule has 4 heteroatoms. The summed E-state index contributed by atoms with van der Waals surface area (Å²) in [6.07, 6.45) is 1.00. The van der Waals surface area contributed by atoms with Gasteiger partial charge in [-0.25, -0.2) is 4.98 Å². The van der Waals surface area contributed by atoms with Crippen LogP contribution in [0.2, 0.25) is 0 Å². The predicted octanol–water partition coefficient (Wildman–Crippen LogP) is 2.70. The molecule has 1 heterocycles. The van der Waals surface area contributed by atoms with E-state index >= 15 is 0 Å². The van der Waals surface area contributed by atoms with Gasteiger partial charge in [-0.05, 0) is 24.1 Å². The van der Waals surface area contributed by atoms with Gasteiger partial charge < -0.3 is 10.4 Å². The van der Waals surface area contributed by atoms with Gasteiger partial charge in [-0.15, -0.1) is 11.3 Å². The quantitative estimate of drug-likeness (QED) is 0.855. The summed E-state index contributed by atoms with van der Waals surface area (Å²) in [6, 6.07) is 7.24. The number of aromatic nitrogens is 1. The average Bonchev–Trinajstić information content (AvgIpc) is 2.80. The molecule has 1 aromatic heterocycles. The van der Waals surface area contributed by atoms with E-state index in [9.17, 15) is 0 Å². The second kappa shape index (κ2) is 5.80. The fourth-order valence-corrected chi connectivity index (χ4v) is 2.29. The number of hydrogen-bond donors (Lipinski definition) is 2. The Balaban J connectivity index is 1.81. The molecule has 0 saturated carbocycles. The fraction of sp³-hybridized carbons (Fsp3) is 0.308. The molecule has 0 unspecified atom stereocenters. The largest absolute Gasteiger partial charge is 0.508 e. The Morgan fingerprint density at radius 3 is 2.65 bits per heavy atom. The highest BCUT2D eigenvalue weighted by Gasteiger charge is 1.99. The minimum atomic E-state index is 0.306. The number of aryl methyl sites for hydroxylation is 1. The van der Waals surface area contributed by atoms with Gasteiger partial charge in [0, 0.05) is 18.5 Å². The maximum absolute atomic E-state index is 9.16. The molecule has 1 aromatic carbocycles. The van der Waals surface area contributed by atoms with Crippen molar-refractivity contribution in [3.63, 3.8) is 0 Å². The van der Waals surface area contributed by atoms with Crippen LogP contribution in [0.1, 0.15) is 23.2 Å². The minimum absolute atomic E-state index is 0.306. The van der Waals surface area contributed by atoms with E-state index in [-0.39, 0.29) is 0 Å². The summed E-state index contributed by atoms with van der Waals surface area (Å²) in [4.78, 5) is 4.49. The van der Waals surface area contributed by atoms with E-state index in [1.165, 1.54) is 5.01 Å². The molecule has 2 rings (SSSR count). The molecule has 2 N–H and O–H groups in total. The van der Waals surface area contributed by atoms with Gasteiger partial charge >= 0.3 is 0 Å². The maximum Gasteiger partial charge on any atom is 0.115 e. The monoisotopic (exact) mass is 248 g/mol. The number of rotatable bonds is 5. The summed E-state index contributed by atoms with van der Waals surface area (Å²) in [6.45, 7) is 3.70. The van der Waals surface area contributed by atoms with E-state index in [1.807, 2.05) is 12.1 Å². The minimum Gasteiger partial charge on any atom is -0.508 e. The normalized spacial score (nSPS) is 10.6. The van der Waals surface area contributed by atoms with Crippen molar-refractivity contribution in [1.82, 2.24) is 10.3 Å². The zero-order valence-corrected chi connectivity index (χ0v) is 10.6. The van der Waals surface area contributed by atoms with Crippen molar-refractivity contribution in [2.75, 3.05) is 0 Å². The zero-order chi connectivity index (χ0) is 12.1. The molecule has 90 valence electrons. The average molecular weight is 248 g/mol. The van der Waals surface area contributed by atoms with Crippen molar-refractivity contribution in [2.24, 2.45) is 0 Å². The topological polar surface area (TPSA) is 45.2 Å². The molecule has 2 aromatic rings. The smallest absolute Gasteiger partial charge is 0.115 e. The van der Waals surface area contributed by atoms with E-state index in [4.69, 9.17) is 5.11 Å². The first-order chi connectivity index (χ1) is 8.28. The van der Waals surface area contributed by atoms with Crippen molar-refractivity contribution in [2.45, 2.75) is 26.4 Å². The lowest BCUT2D eigenvalue weighted by Gasteiger charge is -2.03. The number of thiazole rings is 1. The van der Waals surface area contributed by atoms with Crippen LogP contribution >= 0.6 is 11.3 Å². The molecule has 0 atom stereocenters. The standard InChI is InChI=1S/C13H16N2OS/c1-2-13-15-11(9-17-13)8-14-7-10-3-5-12(16)6-4-10/h3-6,9,14,16H,2,7-8H2,1H3. The molecule has 0 aliphatic heterocycles. The van der Waals surface area contributed by atoms with E-state index < -0.39 is 0 Å². The predicted molar refractivity (Wildman–Crippen MR) is 70.1 cm³/mol. The molecule has 0 spiro atoms. The molecule has 0 saturated heterocycles. The maximum atomic E-state index is 9.16. The van der Waals surface area contributed by atoms with Gasteiger partial charge in [0.25, 0.3) is 0 Å². The summed E-state index contributed by atoms with van der Waals surface area (Å²) in [5.41, 5.74) is 2.26. The van der Waals surface area contributed by atoms with Gasteiger partial charge in [0.15, 0.2) is 0 Å². The lowest BCUT2D eigenvalue weighted by atomic mass is 10.2. The van der Waals surface area contributed by atoms with E-state index in [0.29, 0.717) is 5.75 Å². The third-order valence-corrected chi connectivity index (χ3v) is 3.52. The highest BCUT2D eigenvalue weighted by atomic mass is 32.1. The molecule has 0 fully saturated rings. The lowest BCUT2D eigenvalue weighted by Crippen LogP contribution is -2.12. The fourth-order valence-electron chi connectivity index (χ4n) is 1.54. The Hall–Kier alpha value is -1.39. The van der Waals surface area contributed by atoms with Gasteiger partial charge in [0.1, 0.15) is 5.75 Å². The van der Waals surface area contributed by atoms with E-state index in [1.54, 1.807) is 23.5 Å². The van der Waals surface area contributed by atoms with Crippen molar-refractivity contribution in [3.05, 3.63) is 45.9 Å². The number of aromatic hydroxyl groups is 1. The Labute approximate surface area is 105 Å². The van der Waals surface area contributed by atoms with Crippen LogP contribution in [-0.2, 0) is 19.5 Å². The number of benzene rings is 1. The molecule has 0 amide bonds. The van der Waals surface area contributed by atoms with Gasteiger partial charge in [-0.2, -0.15) is 0 Å². The Kier molecular flexibility index (Phi) is 4.12. The molecule has 3 nitrogen and oxygen atoms in total. The third kappa shape index (κ3) is 3.54. The van der Waals surface area contributed by atoms with Gasteiger partial charge in [-0.1, -0.05) is 19.1 Å². The second-order valence-electron chi connectivity index (χ2n) is 3.86. The van der Waals surface area contributed by atoms with Crippen molar-refractivity contribution < 1.29 is 5.11 Å². The van der Waals surface area contributed by atoms with Crippen LogP contribution in [-0.4, -0.2) is 10.1 Å². The molecule has 0 aliphatic rings. The molecule has 17 heavy (non-hydrogen) atoms. The second-order valence-corrected chi connectivity index (χ2v) is 4.80. The van der Waals surface area contributed by atoms with Crippen LogP contribution < -0.4 is 5.32 Å². The van der Waals surface area contributed by atoms with Crippen LogP contribution in [0.4, 0.5) is 0 Å². The number of phenols is 1. The van der Waals surface area contributed by atoms with Crippen LogP contribution in [0.3, 0.4) is 0 Å². The highest BCUT2D eigenvalue weighted by molar-refractivity contribution is 7.09. The summed E-state index contributed by atoms with van der Waals surface area (Å²) in [5, 5.41) is 15.8. The first-order valence-corrected chi connectivity index (χ1v) is 6.58. The Morgan fingerprint density at radius 2 is 2.00 bits per heavy atom. The van der Waals surface area contributed by atoms with Gasteiger partial charge in [0.2, 0.25) is 0 Å². The number of nitrogens with one attached hydrogen (secondary N) is 1. The molecule has 0 bridgehead atoms. The first kappa shape index (κ1) is 12.1. The summed E-state index contributed by atoms with van der Waals surface area (Å²) in [7, 11) is 0. The molecular weight excluding hydrogens is 232 g/mol. The Bertz CT molecular complexity index is 465. The molecule has 0 radical (unpaired) electrons. The van der Waals surface area contributed by atoms with Crippen LogP contribution in [0, 0.1) is 0 Å². The number of nitrogens with zero attached hydrogens (tertiary/aromatic N) is 1. The van der Waals surface area contributed by atoms with Crippen molar-refractivity contribution >= 4 is 11.3 Å². The lowest BCUT2D eigenvalue weighted by molar-refractivity contribution is 0.475. The number of phenolic OH excluding ortho intramolecular Hbond substituents is 1. The SMILES string of the molecule is CCc1nc(CNCc2ccc(O)cc2)cs1. The van der Waals surface area contributed by atoms with Gasteiger partial charge in [0.05, 0.1) is 10.7 Å².